The highest BCUT2D eigenvalue weighted by Crippen LogP contribution is 2.48. The molecule has 0 radical (unpaired) electrons. The minimum absolute atomic E-state index is 0.124. The van der Waals surface area contributed by atoms with Crippen molar-refractivity contribution < 1.29 is 9.59 Å². The van der Waals surface area contributed by atoms with E-state index in [0.29, 0.717) is 36.7 Å². The van der Waals surface area contributed by atoms with Crippen LogP contribution in [0.15, 0.2) is 48.3 Å². The molecule has 140 valence electrons. The first kappa shape index (κ1) is 18.0. The monoisotopic (exact) mass is 373 g/mol. The maximum Gasteiger partial charge on any atom is 0.272 e. The van der Waals surface area contributed by atoms with Crippen molar-refractivity contribution in [2.45, 2.75) is 20.3 Å². The highest BCUT2D eigenvalue weighted by atomic mass is 16.2. The molecule has 1 amide bonds. The third kappa shape index (κ3) is 2.97. The van der Waals surface area contributed by atoms with E-state index in [9.17, 15) is 14.9 Å². The molecule has 7 nitrogen and oxygen atoms in total. The zero-order chi connectivity index (χ0) is 19.9. The number of aromatic nitrogens is 3. The quantitative estimate of drug-likeness (QED) is 0.801. The summed E-state index contributed by atoms with van der Waals surface area (Å²) in [5.41, 5.74) is 0.181. The van der Waals surface area contributed by atoms with Crippen LogP contribution >= 0.6 is 0 Å². The van der Waals surface area contributed by atoms with Crippen molar-refractivity contribution >= 4 is 11.7 Å². The summed E-state index contributed by atoms with van der Waals surface area (Å²) >= 11 is 0. The summed E-state index contributed by atoms with van der Waals surface area (Å²) in [6, 6.07) is 9.03. The molecule has 2 aromatic rings. The van der Waals surface area contributed by atoms with Gasteiger partial charge in [0, 0.05) is 36.3 Å². The molecule has 0 saturated carbocycles. The van der Waals surface area contributed by atoms with Gasteiger partial charge in [-0.1, -0.05) is 26.0 Å². The van der Waals surface area contributed by atoms with Gasteiger partial charge < -0.3 is 4.90 Å². The first-order valence-electron chi connectivity index (χ1n) is 9.05. The Labute approximate surface area is 162 Å². The number of amides is 1. The van der Waals surface area contributed by atoms with Gasteiger partial charge in [-0.3, -0.25) is 14.6 Å². The van der Waals surface area contributed by atoms with Crippen LogP contribution in [-0.2, 0) is 4.79 Å². The molecule has 1 saturated heterocycles. The Morgan fingerprint density at radius 3 is 2.64 bits per heavy atom. The Balaban J connectivity index is 1.54. The topological polar surface area (TPSA) is 99.8 Å². The van der Waals surface area contributed by atoms with E-state index in [1.54, 1.807) is 41.6 Å². The largest absolute Gasteiger partial charge is 0.335 e. The number of hydrogen-bond donors (Lipinski definition) is 0. The Hall–Kier alpha value is -3.40. The normalized spacial score (nSPS) is 19.5. The Bertz CT molecular complexity index is 1030. The van der Waals surface area contributed by atoms with E-state index in [1.807, 2.05) is 26.0 Å². The van der Waals surface area contributed by atoms with Gasteiger partial charge >= 0.3 is 0 Å². The predicted octanol–water partition coefficient (Wildman–Crippen LogP) is 2.43. The molecule has 28 heavy (non-hydrogen) atoms. The predicted molar refractivity (Wildman–Crippen MR) is 101 cm³/mol. The van der Waals surface area contributed by atoms with Gasteiger partial charge in [0.1, 0.15) is 17.5 Å². The Kier molecular flexibility index (Phi) is 4.07. The maximum absolute atomic E-state index is 12.9. The minimum Gasteiger partial charge on any atom is -0.335 e. The summed E-state index contributed by atoms with van der Waals surface area (Å²) in [6.45, 7) is 4.65. The van der Waals surface area contributed by atoms with Gasteiger partial charge in [-0.25, -0.2) is 9.97 Å². The summed E-state index contributed by atoms with van der Waals surface area (Å²) in [7, 11) is 0. The van der Waals surface area contributed by atoms with Crippen molar-refractivity contribution in [3.63, 3.8) is 0 Å². The summed E-state index contributed by atoms with van der Waals surface area (Å²) in [6.07, 6.45) is 5.58. The number of likely N-dealkylation sites (tertiary alicyclic amines) is 1. The molecule has 1 aliphatic carbocycles. The minimum atomic E-state index is -0.601. The molecule has 0 unspecified atom stereocenters. The van der Waals surface area contributed by atoms with Crippen LogP contribution in [0.1, 0.15) is 30.8 Å². The van der Waals surface area contributed by atoms with Gasteiger partial charge in [0.05, 0.1) is 5.57 Å². The van der Waals surface area contributed by atoms with Gasteiger partial charge in [-0.15, -0.1) is 0 Å². The van der Waals surface area contributed by atoms with E-state index in [-0.39, 0.29) is 22.7 Å². The fourth-order valence-electron chi connectivity index (χ4n) is 4.15. The second kappa shape index (κ2) is 6.34. The molecule has 0 aromatic carbocycles. The van der Waals surface area contributed by atoms with Crippen molar-refractivity contribution in [2.24, 2.45) is 10.8 Å². The van der Waals surface area contributed by atoms with Crippen LogP contribution in [0.25, 0.3) is 11.5 Å². The molecule has 1 spiro atoms. The number of allylic oxidation sites excluding steroid dienone is 1. The molecule has 2 aromatic heterocycles. The molecular weight excluding hydrogens is 354 g/mol. The van der Waals surface area contributed by atoms with Crippen molar-refractivity contribution in [2.75, 3.05) is 13.1 Å². The fraction of sp³-hybridized carbons (Fsp3) is 0.333. The van der Waals surface area contributed by atoms with Crippen LogP contribution in [0, 0.1) is 22.2 Å². The third-order valence-corrected chi connectivity index (χ3v) is 5.29. The smallest absolute Gasteiger partial charge is 0.272 e. The van der Waals surface area contributed by atoms with E-state index in [1.165, 1.54) is 0 Å². The number of Topliss-reactive ketones (excluding diaryl/α,β-unsaturated/α-hetero) is 1. The van der Waals surface area contributed by atoms with Gasteiger partial charge in [-0.2, -0.15) is 5.26 Å². The Morgan fingerprint density at radius 2 is 1.96 bits per heavy atom. The highest BCUT2D eigenvalue weighted by molar-refractivity contribution is 6.04. The van der Waals surface area contributed by atoms with E-state index in [2.05, 4.69) is 15.0 Å². The van der Waals surface area contributed by atoms with Crippen molar-refractivity contribution in [1.29, 1.82) is 5.26 Å². The number of carbonyl (C=O) groups is 2. The molecule has 4 rings (SSSR count). The summed E-state index contributed by atoms with van der Waals surface area (Å²) in [4.78, 5) is 39.7. The molecule has 1 aliphatic heterocycles. The van der Waals surface area contributed by atoms with E-state index >= 15 is 0 Å². The van der Waals surface area contributed by atoms with E-state index < -0.39 is 5.41 Å². The molecule has 2 aliphatic rings. The lowest BCUT2D eigenvalue weighted by molar-refractivity contribution is -0.127. The van der Waals surface area contributed by atoms with Crippen LogP contribution in [0.3, 0.4) is 0 Å². The lowest BCUT2D eigenvalue weighted by Crippen LogP contribution is -2.61. The van der Waals surface area contributed by atoms with Crippen molar-refractivity contribution in [1.82, 2.24) is 19.9 Å². The lowest BCUT2D eigenvalue weighted by atomic mass is 9.61. The lowest BCUT2D eigenvalue weighted by Gasteiger charge is -2.53. The fourth-order valence-corrected chi connectivity index (χ4v) is 4.15. The molecule has 7 heteroatoms. The summed E-state index contributed by atoms with van der Waals surface area (Å²) in [5.74, 6) is 0.0887. The van der Waals surface area contributed by atoms with Gasteiger partial charge in [0.25, 0.3) is 5.91 Å². The molecule has 0 bridgehead atoms. The standard InChI is InChI=1S/C21H19N5O2/c1-20(2)11-21(9-14(10-22)17(20)27)12-26(13-21)19(28)16-6-8-24-18(25-16)15-5-3-4-7-23-15/h3-9H,11-13H2,1-2H3. The number of rotatable bonds is 2. The zero-order valence-corrected chi connectivity index (χ0v) is 15.7. The average molecular weight is 373 g/mol. The van der Waals surface area contributed by atoms with E-state index in [4.69, 9.17) is 0 Å². The maximum atomic E-state index is 12.9. The third-order valence-electron chi connectivity index (χ3n) is 5.29. The number of hydrogen-bond acceptors (Lipinski definition) is 6. The van der Waals surface area contributed by atoms with Crippen LogP contribution in [-0.4, -0.2) is 44.6 Å². The first-order valence-corrected chi connectivity index (χ1v) is 9.05. The second-order valence-electron chi connectivity index (χ2n) is 8.06. The van der Waals surface area contributed by atoms with E-state index in [0.717, 1.165) is 0 Å². The molecule has 0 atom stereocenters. The second-order valence-corrected chi connectivity index (χ2v) is 8.06. The SMILES string of the molecule is CC1(C)CC2(C=C(C#N)C1=O)CN(C(=O)c1ccnc(-c3ccccn3)n1)C2. The number of nitriles is 1. The number of nitrogens with zero attached hydrogens (tertiary/aromatic N) is 5. The van der Waals surface area contributed by atoms with Gasteiger partial charge in [-0.05, 0) is 24.6 Å². The van der Waals surface area contributed by atoms with Crippen LogP contribution in [0.4, 0.5) is 0 Å². The highest BCUT2D eigenvalue weighted by Gasteiger charge is 2.52. The molecular formula is C21H19N5O2. The Morgan fingerprint density at radius 1 is 1.18 bits per heavy atom. The molecule has 1 fully saturated rings. The first-order chi connectivity index (χ1) is 13.3. The molecule has 3 heterocycles. The zero-order valence-electron chi connectivity index (χ0n) is 15.7. The summed E-state index contributed by atoms with van der Waals surface area (Å²) < 4.78 is 0. The molecule has 0 N–H and O–H groups in total. The average Bonchev–Trinajstić information content (AvgIpc) is 2.68. The summed E-state index contributed by atoms with van der Waals surface area (Å²) in [5, 5.41) is 9.29. The van der Waals surface area contributed by atoms with Crippen LogP contribution in [0.2, 0.25) is 0 Å². The number of ketones is 1. The van der Waals surface area contributed by atoms with Gasteiger partial charge in [0.15, 0.2) is 11.6 Å². The van der Waals surface area contributed by atoms with Crippen molar-refractivity contribution in [3.8, 4) is 17.6 Å². The van der Waals surface area contributed by atoms with Crippen LogP contribution < -0.4 is 0 Å². The van der Waals surface area contributed by atoms with Gasteiger partial charge in [0.2, 0.25) is 0 Å². The number of carbonyl (C=O) groups excluding carboxylic acids is 2. The van der Waals surface area contributed by atoms with Crippen molar-refractivity contribution in [3.05, 3.63) is 54.0 Å². The van der Waals surface area contributed by atoms with Crippen LogP contribution in [0.5, 0.6) is 0 Å². The number of pyridine rings is 1.